The van der Waals surface area contributed by atoms with Crippen molar-refractivity contribution in [3.05, 3.63) is 42.1 Å². The van der Waals surface area contributed by atoms with Gasteiger partial charge < -0.3 is 20.6 Å². The molecule has 0 bridgehead atoms. The van der Waals surface area contributed by atoms with Crippen LogP contribution in [0.5, 0.6) is 0 Å². The summed E-state index contributed by atoms with van der Waals surface area (Å²) in [5, 5.41) is 16.2. The first-order valence-electron chi connectivity index (χ1n) is 8.71. The molecule has 3 amide bonds. The van der Waals surface area contributed by atoms with Crippen LogP contribution in [0, 0.1) is 5.92 Å². The minimum absolute atomic E-state index is 0.0935. The van der Waals surface area contributed by atoms with Gasteiger partial charge in [0.1, 0.15) is 0 Å². The fraction of sp³-hybridized carbons (Fsp3) is 0.421. The number of pyridine rings is 1. The van der Waals surface area contributed by atoms with Crippen molar-refractivity contribution < 1.29 is 14.7 Å². The molecule has 1 aromatic carbocycles. The number of nitrogens with one attached hydrogen (secondary N) is 2. The molecule has 2 aromatic rings. The molecule has 1 heterocycles. The summed E-state index contributed by atoms with van der Waals surface area (Å²) in [6.07, 6.45) is 2.74. The zero-order valence-corrected chi connectivity index (χ0v) is 15.0. The molecule has 1 fully saturated rings. The van der Waals surface area contributed by atoms with Gasteiger partial charge in [-0.15, -0.1) is 0 Å². The van der Waals surface area contributed by atoms with Gasteiger partial charge in [0.05, 0.1) is 24.2 Å². The number of fused-ring (bicyclic) bond motifs is 1. The van der Waals surface area contributed by atoms with Crippen molar-refractivity contribution in [2.45, 2.75) is 25.0 Å². The molecule has 1 atom stereocenters. The van der Waals surface area contributed by atoms with Gasteiger partial charge in [0.15, 0.2) is 0 Å². The lowest BCUT2D eigenvalue weighted by atomic mass is 9.75. The molecule has 3 N–H and O–H groups in total. The largest absolute Gasteiger partial charge is 0.393 e. The zero-order chi connectivity index (χ0) is 18.7. The van der Waals surface area contributed by atoms with Crippen molar-refractivity contribution in [2.75, 3.05) is 20.6 Å². The molecule has 1 aliphatic rings. The van der Waals surface area contributed by atoms with E-state index in [4.69, 9.17) is 0 Å². The number of nitrogens with zero attached hydrogens (tertiary/aromatic N) is 2. The molecule has 0 unspecified atom stereocenters. The fourth-order valence-electron chi connectivity index (χ4n) is 3.17. The van der Waals surface area contributed by atoms with E-state index in [9.17, 15) is 14.7 Å². The number of aliphatic hydroxyl groups excluding tert-OH is 1. The Labute approximate surface area is 152 Å². The van der Waals surface area contributed by atoms with Crippen LogP contribution in [0.25, 0.3) is 10.9 Å². The van der Waals surface area contributed by atoms with Crippen molar-refractivity contribution in [3.8, 4) is 0 Å². The second-order valence-corrected chi connectivity index (χ2v) is 6.94. The van der Waals surface area contributed by atoms with Gasteiger partial charge in [-0.25, -0.2) is 4.79 Å². The Hall–Kier alpha value is -2.67. The first-order valence-corrected chi connectivity index (χ1v) is 8.71. The van der Waals surface area contributed by atoms with E-state index < -0.39 is 0 Å². The molecule has 3 rings (SSSR count). The average molecular weight is 356 g/mol. The maximum atomic E-state index is 12.3. The molecule has 1 saturated carbocycles. The van der Waals surface area contributed by atoms with E-state index in [-0.39, 0.29) is 36.5 Å². The van der Waals surface area contributed by atoms with E-state index in [0.717, 1.165) is 16.5 Å². The minimum Gasteiger partial charge on any atom is -0.393 e. The Kier molecular flexibility index (Phi) is 5.37. The predicted octanol–water partition coefficient (Wildman–Crippen LogP) is 1.43. The third-order valence-corrected chi connectivity index (χ3v) is 4.71. The molecular weight excluding hydrogens is 332 g/mol. The van der Waals surface area contributed by atoms with Gasteiger partial charge in [-0.3, -0.25) is 9.78 Å². The van der Waals surface area contributed by atoms with E-state index in [1.54, 1.807) is 20.3 Å². The van der Waals surface area contributed by atoms with Crippen LogP contribution >= 0.6 is 0 Å². The van der Waals surface area contributed by atoms with E-state index in [1.807, 2.05) is 30.3 Å². The standard InChI is InChI=1S/C19H24N4O3/c1-23(2)19(26)21-11-17(25)22-18(13-8-15(24)9-13)14-7-12-5-3-4-6-16(12)20-10-14/h3-7,10,13,15,18,24H,8-9,11H2,1-2H3,(H,21,26)(H,22,25)/t13?,15?,18-/m0/s1. The second kappa shape index (κ2) is 7.70. The Morgan fingerprint density at radius 1 is 1.31 bits per heavy atom. The molecule has 0 aliphatic heterocycles. The monoisotopic (exact) mass is 356 g/mol. The van der Waals surface area contributed by atoms with E-state index in [0.29, 0.717) is 12.8 Å². The number of aliphatic hydroxyl groups is 1. The van der Waals surface area contributed by atoms with Crippen molar-refractivity contribution in [2.24, 2.45) is 5.92 Å². The summed E-state index contributed by atoms with van der Waals surface area (Å²) in [7, 11) is 3.24. The lowest BCUT2D eigenvalue weighted by Crippen LogP contribution is -2.46. The number of carbonyl (C=O) groups excluding carboxylic acids is 2. The molecule has 1 aliphatic carbocycles. The molecule has 0 radical (unpaired) electrons. The highest BCUT2D eigenvalue weighted by Gasteiger charge is 2.35. The maximum Gasteiger partial charge on any atom is 0.317 e. The second-order valence-electron chi connectivity index (χ2n) is 6.94. The number of para-hydroxylation sites is 1. The highest BCUT2D eigenvalue weighted by Crippen LogP contribution is 2.38. The molecule has 0 spiro atoms. The van der Waals surface area contributed by atoms with Crippen LogP contribution in [-0.2, 0) is 4.79 Å². The van der Waals surface area contributed by atoms with Crippen LogP contribution < -0.4 is 10.6 Å². The number of rotatable bonds is 5. The van der Waals surface area contributed by atoms with Crippen molar-refractivity contribution in [1.29, 1.82) is 0 Å². The number of benzene rings is 1. The maximum absolute atomic E-state index is 12.3. The summed E-state index contributed by atoms with van der Waals surface area (Å²) >= 11 is 0. The highest BCUT2D eigenvalue weighted by atomic mass is 16.3. The molecular formula is C19H24N4O3. The molecule has 1 aromatic heterocycles. The molecule has 0 saturated heterocycles. The van der Waals surface area contributed by atoms with Crippen molar-refractivity contribution >= 4 is 22.8 Å². The number of carbonyl (C=O) groups is 2. The molecule has 7 heteroatoms. The average Bonchev–Trinajstić information content (AvgIpc) is 2.61. The SMILES string of the molecule is CN(C)C(=O)NCC(=O)N[C@H](c1cnc2ccccc2c1)C1CC(O)C1. The zero-order valence-electron chi connectivity index (χ0n) is 15.0. The van der Waals surface area contributed by atoms with Gasteiger partial charge >= 0.3 is 6.03 Å². The summed E-state index contributed by atoms with van der Waals surface area (Å²) in [5.41, 5.74) is 1.81. The molecule has 7 nitrogen and oxygen atoms in total. The van der Waals surface area contributed by atoms with Gasteiger partial charge in [0.2, 0.25) is 5.91 Å². The van der Waals surface area contributed by atoms with E-state index in [2.05, 4.69) is 15.6 Å². The van der Waals surface area contributed by atoms with Crippen molar-refractivity contribution in [1.82, 2.24) is 20.5 Å². The minimum atomic E-state index is -0.318. The molecule has 26 heavy (non-hydrogen) atoms. The Bertz CT molecular complexity index is 802. The van der Waals surface area contributed by atoms with Gasteiger partial charge in [-0.2, -0.15) is 0 Å². The number of hydrogen-bond acceptors (Lipinski definition) is 4. The lowest BCUT2D eigenvalue weighted by Gasteiger charge is -2.38. The van der Waals surface area contributed by atoms with Gasteiger partial charge in [-0.05, 0) is 36.5 Å². The number of aromatic nitrogens is 1. The number of hydrogen-bond donors (Lipinski definition) is 3. The summed E-state index contributed by atoms with van der Waals surface area (Å²) in [5.74, 6) is -0.110. The highest BCUT2D eigenvalue weighted by molar-refractivity contribution is 5.84. The van der Waals surface area contributed by atoms with E-state index in [1.165, 1.54) is 4.90 Å². The normalized spacial score (nSPS) is 20.1. The lowest BCUT2D eigenvalue weighted by molar-refractivity contribution is -0.122. The van der Waals surface area contributed by atoms with Crippen LogP contribution in [0.1, 0.15) is 24.4 Å². The Morgan fingerprint density at radius 3 is 2.73 bits per heavy atom. The molecule has 138 valence electrons. The topological polar surface area (TPSA) is 94.6 Å². The quantitative estimate of drug-likeness (QED) is 0.755. The first kappa shape index (κ1) is 18.1. The van der Waals surface area contributed by atoms with E-state index >= 15 is 0 Å². The third kappa shape index (κ3) is 4.11. The van der Waals surface area contributed by atoms with Crippen LogP contribution in [0.4, 0.5) is 4.79 Å². The fourth-order valence-corrected chi connectivity index (χ4v) is 3.17. The van der Waals surface area contributed by atoms with Gasteiger partial charge in [0, 0.05) is 25.7 Å². The Morgan fingerprint density at radius 2 is 2.04 bits per heavy atom. The van der Waals surface area contributed by atoms with Crippen LogP contribution in [0.3, 0.4) is 0 Å². The van der Waals surface area contributed by atoms with Crippen LogP contribution in [0.2, 0.25) is 0 Å². The van der Waals surface area contributed by atoms with Crippen LogP contribution in [0.15, 0.2) is 36.5 Å². The number of urea groups is 1. The first-order chi connectivity index (χ1) is 12.4. The third-order valence-electron chi connectivity index (χ3n) is 4.71. The van der Waals surface area contributed by atoms with Crippen molar-refractivity contribution in [3.63, 3.8) is 0 Å². The van der Waals surface area contributed by atoms with Gasteiger partial charge in [-0.1, -0.05) is 18.2 Å². The number of amides is 3. The summed E-state index contributed by atoms with van der Waals surface area (Å²) in [6, 6.07) is 9.28. The summed E-state index contributed by atoms with van der Waals surface area (Å²) in [4.78, 5) is 29.8. The Balaban J connectivity index is 1.74. The van der Waals surface area contributed by atoms with Crippen LogP contribution in [-0.4, -0.2) is 53.7 Å². The summed E-state index contributed by atoms with van der Waals surface area (Å²) < 4.78 is 0. The summed E-state index contributed by atoms with van der Waals surface area (Å²) in [6.45, 7) is -0.0935. The smallest absolute Gasteiger partial charge is 0.317 e. The predicted molar refractivity (Wildman–Crippen MR) is 98.4 cm³/mol. The van der Waals surface area contributed by atoms with Gasteiger partial charge in [0.25, 0.3) is 0 Å².